The van der Waals surface area contributed by atoms with Gasteiger partial charge in [-0.1, -0.05) is 60.1 Å². The molecule has 2 aromatic heterocycles. The molecule has 1 N–H and O–H groups in total. The van der Waals surface area contributed by atoms with Gasteiger partial charge in [-0.25, -0.2) is 4.98 Å². The zero-order chi connectivity index (χ0) is 27.4. The molecule has 0 unspecified atom stereocenters. The Morgan fingerprint density at radius 3 is 2.44 bits per heavy atom. The minimum Gasteiger partial charge on any atom is -0.467 e. The highest BCUT2D eigenvalue weighted by molar-refractivity contribution is 6.33. The molecule has 0 aliphatic heterocycles. The average molecular weight is 539 g/mol. The number of imidazole rings is 1. The summed E-state index contributed by atoms with van der Waals surface area (Å²) in [5.74, 6) is 0.114. The predicted octanol–water partition coefficient (Wildman–Crippen LogP) is 6.68. The van der Waals surface area contributed by atoms with Crippen LogP contribution in [0.1, 0.15) is 27.2 Å². The molecule has 196 valence electrons. The van der Waals surface area contributed by atoms with Crippen LogP contribution in [0.2, 0.25) is 5.02 Å². The van der Waals surface area contributed by atoms with Crippen LogP contribution in [0, 0.1) is 13.8 Å². The summed E-state index contributed by atoms with van der Waals surface area (Å²) in [5.41, 5.74) is 5.09. The number of rotatable bonds is 8. The van der Waals surface area contributed by atoms with Crippen molar-refractivity contribution in [2.75, 3.05) is 11.9 Å². The van der Waals surface area contributed by atoms with Gasteiger partial charge >= 0.3 is 0 Å². The zero-order valence-electron chi connectivity index (χ0n) is 21.6. The summed E-state index contributed by atoms with van der Waals surface area (Å²) in [5, 5.41) is 3.23. The third-order valence-corrected chi connectivity index (χ3v) is 6.78. The van der Waals surface area contributed by atoms with E-state index in [9.17, 15) is 9.59 Å². The van der Waals surface area contributed by atoms with E-state index in [-0.39, 0.29) is 19.0 Å². The van der Waals surface area contributed by atoms with Crippen molar-refractivity contribution in [2.45, 2.75) is 20.4 Å². The highest BCUT2D eigenvalue weighted by atomic mass is 35.5. The van der Waals surface area contributed by atoms with E-state index in [1.54, 1.807) is 36.4 Å². The van der Waals surface area contributed by atoms with Gasteiger partial charge < -0.3 is 9.32 Å². The first-order valence-corrected chi connectivity index (χ1v) is 12.9. The van der Waals surface area contributed by atoms with Gasteiger partial charge in [-0.15, -0.1) is 0 Å². The molecule has 0 radical (unpaired) electrons. The zero-order valence-corrected chi connectivity index (χ0v) is 22.4. The van der Waals surface area contributed by atoms with Gasteiger partial charge in [0.25, 0.3) is 5.91 Å². The lowest BCUT2D eigenvalue weighted by atomic mass is 10.1. The second kappa shape index (κ2) is 11.4. The summed E-state index contributed by atoms with van der Waals surface area (Å²) in [4.78, 5) is 33.0. The number of amides is 2. The first-order chi connectivity index (χ1) is 18.9. The quantitative estimate of drug-likeness (QED) is 0.239. The fourth-order valence-corrected chi connectivity index (χ4v) is 4.44. The Balaban J connectivity index is 1.45. The molecule has 0 aliphatic rings. The first-order valence-electron chi connectivity index (χ1n) is 12.5. The summed E-state index contributed by atoms with van der Waals surface area (Å²) < 4.78 is 7.30. The molecule has 2 heterocycles. The average Bonchev–Trinajstić information content (AvgIpc) is 3.60. The minimum atomic E-state index is -0.405. The highest BCUT2D eigenvalue weighted by Gasteiger charge is 2.23. The lowest BCUT2D eigenvalue weighted by Crippen LogP contribution is -2.38. The van der Waals surface area contributed by atoms with Gasteiger partial charge in [-0.2, -0.15) is 0 Å². The molecular weight excluding hydrogens is 512 g/mol. The van der Waals surface area contributed by atoms with E-state index in [4.69, 9.17) is 21.0 Å². The number of hydrogen-bond donors (Lipinski definition) is 1. The Labute approximate surface area is 231 Å². The molecule has 5 aromatic rings. The van der Waals surface area contributed by atoms with Crippen LogP contribution in [0.25, 0.3) is 16.9 Å². The second-order valence-corrected chi connectivity index (χ2v) is 9.63. The Hall–Kier alpha value is -4.62. The molecule has 5 rings (SSSR count). The van der Waals surface area contributed by atoms with Crippen molar-refractivity contribution in [3.8, 4) is 16.9 Å². The monoisotopic (exact) mass is 538 g/mol. The van der Waals surface area contributed by atoms with Crippen molar-refractivity contribution in [1.82, 2.24) is 14.5 Å². The summed E-state index contributed by atoms with van der Waals surface area (Å²) in [6.45, 7) is 3.96. The number of furan rings is 1. The molecule has 2 amide bonds. The lowest BCUT2D eigenvalue weighted by Gasteiger charge is -2.22. The standard InChI is InChI=1S/C31H27ClN4O3/c1-21-14-15-24(17-22(21)2)36-19-28(23-9-4-3-5-10-23)33-31(36)34-29(37)20-35(18-25-11-8-16-39-25)30(38)26-12-6-7-13-27(26)32/h3-17,19H,18,20H2,1-2H3,(H,33,34,37). The maximum absolute atomic E-state index is 13.4. The number of aryl methyl sites for hydroxylation is 2. The van der Waals surface area contributed by atoms with Crippen molar-refractivity contribution in [3.05, 3.63) is 125 Å². The van der Waals surface area contributed by atoms with Gasteiger partial charge in [-0.3, -0.25) is 19.5 Å². The number of aromatic nitrogens is 2. The van der Waals surface area contributed by atoms with E-state index in [1.807, 2.05) is 66.2 Å². The van der Waals surface area contributed by atoms with Crippen LogP contribution in [-0.2, 0) is 11.3 Å². The first kappa shape index (κ1) is 26.0. The maximum atomic E-state index is 13.4. The summed E-state index contributed by atoms with van der Waals surface area (Å²) in [7, 11) is 0. The molecule has 0 saturated heterocycles. The van der Waals surface area contributed by atoms with Crippen LogP contribution in [-0.4, -0.2) is 32.8 Å². The van der Waals surface area contributed by atoms with Gasteiger partial charge in [0.2, 0.25) is 11.9 Å². The van der Waals surface area contributed by atoms with Crippen molar-refractivity contribution in [1.29, 1.82) is 0 Å². The third-order valence-electron chi connectivity index (χ3n) is 6.45. The fraction of sp³-hybridized carbons (Fsp3) is 0.129. The van der Waals surface area contributed by atoms with Gasteiger partial charge in [0.1, 0.15) is 12.3 Å². The van der Waals surface area contributed by atoms with Crippen LogP contribution in [0.15, 0.2) is 102 Å². The number of carbonyl (C=O) groups is 2. The van der Waals surface area contributed by atoms with Crippen molar-refractivity contribution in [2.24, 2.45) is 0 Å². The van der Waals surface area contributed by atoms with Gasteiger partial charge in [-0.05, 0) is 61.4 Å². The van der Waals surface area contributed by atoms with E-state index < -0.39 is 5.91 Å². The molecule has 0 atom stereocenters. The van der Waals surface area contributed by atoms with E-state index in [1.165, 1.54) is 16.7 Å². The van der Waals surface area contributed by atoms with Crippen LogP contribution in [0.4, 0.5) is 5.95 Å². The van der Waals surface area contributed by atoms with Crippen LogP contribution in [0.3, 0.4) is 0 Å². The number of nitrogens with zero attached hydrogens (tertiary/aromatic N) is 3. The summed E-state index contributed by atoms with van der Waals surface area (Å²) in [6.07, 6.45) is 3.42. The van der Waals surface area contributed by atoms with Crippen LogP contribution >= 0.6 is 11.6 Å². The topological polar surface area (TPSA) is 80.4 Å². The molecule has 0 saturated carbocycles. The van der Waals surface area contributed by atoms with Gasteiger partial charge in [0.05, 0.1) is 29.1 Å². The number of halogens is 1. The molecule has 8 heteroatoms. The summed E-state index contributed by atoms with van der Waals surface area (Å²) >= 11 is 6.30. The van der Waals surface area contributed by atoms with Crippen molar-refractivity contribution in [3.63, 3.8) is 0 Å². The predicted molar refractivity (Wildman–Crippen MR) is 152 cm³/mol. The lowest BCUT2D eigenvalue weighted by molar-refractivity contribution is -0.117. The molecule has 7 nitrogen and oxygen atoms in total. The molecule has 39 heavy (non-hydrogen) atoms. The third kappa shape index (κ3) is 5.94. The Bertz CT molecular complexity index is 1610. The largest absolute Gasteiger partial charge is 0.467 e. The van der Waals surface area contributed by atoms with E-state index in [0.29, 0.717) is 28.0 Å². The van der Waals surface area contributed by atoms with Gasteiger partial charge in [0, 0.05) is 17.4 Å². The number of anilines is 1. The SMILES string of the molecule is Cc1ccc(-n2cc(-c3ccccc3)nc2NC(=O)CN(Cc2ccco2)C(=O)c2ccccc2Cl)cc1C. The van der Waals surface area contributed by atoms with Crippen LogP contribution < -0.4 is 5.32 Å². The molecule has 0 aliphatic carbocycles. The Morgan fingerprint density at radius 1 is 0.949 bits per heavy atom. The molecule has 0 bridgehead atoms. The normalized spacial score (nSPS) is 10.8. The van der Waals surface area contributed by atoms with E-state index >= 15 is 0 Å². The highest BCUT2D eigenvalue weighted by Crippen LogP contribution is 2.26. The van der Waals surface area contributed by atoms with Crippen molar-refractivity contribution < 1.29 is 14.0 Å². The Morgan fingerprint density at radius 2 is 1.72 bits per heavy atom. The molecular formula is C31H27ClN4O3. The second-order valence-electron chi connectivity index (χ2n) is 9.22. The fourth-order valence-electron chi connectivity index (χ4n) is 4.22. The van der Waals surface area contributed by atoms with Gasteiger partial charge in [0.15, 0.2) is 0 Å². The summed E-state index contributed by atoms with van der Waals surface area (Å²) in [6, 6.07) is 26.1. The maximum Gasteiger partial charge on any atom is 0.256 e. The number of benzene rings is 3. The number of carbonyl (C=O) groups excluding carboxylic acids is 2. The molecule has 0 spiro atoms. The smallest absolute Gasteiger partial charge is 0.256 e. The number of hydrogen-bond acceptors (Lipinski definition) is 4. The number of nitrogens with one attached hydrogen (secondary N) is 1. The van der Waals surface area contributed by atoms with E-state index in [2.05, 4.69) is 12.2 Å². The van der Waals surface area contributed by atoms with E-state index in [0.717, 1.165) is 16.8 Å². The molecule has 0 fully saturated rings. The minimum absolute atomic E-state index is 0.103. The van der Waals surface area contributed by atoms with Crippen molar-refractivity contribution >= 4 is 29.4 Å². The van der Waals surface area contributed by atoms with Crippen LogP contribution in [0.5, 0.6) is 0 Å². The molecule has 3 aromatic carbocycles. The Kier molecular flexibility index (Phi) is 7.61.